The number of amides is 1. The standard InChI is InChI=1S/C20H20BrN5O2/c1-3-10-26(13-22)19(23)16-6-5-7-18(24-16)25-20(27)15-12-14(21)8-9-17(15)28-11-4-2/h3-9,12-13,22-23H,1-2,10-11H2,(H,24,25,27). The predicted octanol–water partition coefficient (Wildman–Crippen LogP) is 4.08. The van der Waals surface area contributed by atoms with Crippen LogP contribution in [0.5, 0.6) is 5.75 Å². The van der Waals surface area contributed by atoms with E-state index in [1.807, 2.05) is 0 Å². The van der Waals surface area contributed by atoms with Gasteiger partial charge in [0.05, 0.1) is 11.9 Å². The summed E-state index contributed by atoms with van der Waals surface area (Å²) in [6.45, 7) is 7.80. The van der Waals surface area contributed by atoms with Crippen LogP contribution in [-0.2, 0) is 0 Å². The Kier molecular flexibility index (Phi) is 7.65. The molecule has 0 radical (unpaired) electrons. The van der Waals surface area contributed by atoms with Crippen LogP contribution in [0.4, 0.5) is 5.82 Å². The molecule has 1 aromatic carbocycles. The lowest BCUT2D eigenvalue weighted by molar-refractivity contribution is 0.102. The van der Waals surface area contributed by atoms with E-state index in [0.29, 0.717) is 23.6 Å². The highest BCUT2D eigenvalue weighted by Crippen LogP contribution is 2.24. The van der Waals surface area contributed by atoms with Crippen molar-refractivity contribution in [3.63, 3.8) is 0 Å². The Hall–Kier alpha value is -3.26. The van der Waals surface area contributed by atoms with Gasteiger partial charge >= 0.3 is 0 Å². The molecule has 144 valence electrons. The van der Waals surface area contributed by atoms with Crippen LogP contribution in [-0.4, -0.2) is 41.1 Å². The molecule has 1 amide bonds. The lowest BCUT2D eigenvalue weighted by atomic mass is 10.2. The first kappa shape index (κ1) is 21.0. The molecule has 8 heteroatoms. The molecular weight excluding hydrogens is 422 g/mol. The zero-order chi connectivity index (χ0) is 20.5. The van der Waals surface area contributed by atoms with Crippen molar-refractivity contribution in [3.8, 4) is 5.75 Å². The topological polar surface area (TPSA) is 102 Å². The van der Waals surface area contributed by atoms with Crippen molar-refractivity contribution in [2.45, 2.75) is 0 Å². The fourth-order valence-electron chi connectivity index (χ4n) is 2.27. The van der Waals surface area contributed by atoms with E-state index >= 15 is 0 Å². The maximum atomic E-state index is 12.7. The largest absolute Gasteiger partial charge is 0.489 e. The van der Waals surface area contributed by atoms with E-state index in [0.717, 1.165) is 10.8 Å². The summed E-state index contributed by atoms with van der Waals surface area (Å²) < 4.78 is 6.27. The van der Waals surface area contributed by atoms with Crippen LogP contribution in [0.15, 0.2) is 66.2 Å². The normalized spacial score (nSPS) is 9.89. The van der Waals surface area contributed by atoms with Gasteiger partial charge in [0.2, 0.25) is 0 Å². The Labute approximate surface area is 171 Å². The number of amidine groups is 1. The van der Waals surface area contributed by atoms with E-state index < -0.39 is 5.91 Å². The van der Waals surface area contributed by atoms with Gasteiger partial charge < -0.3 is 15.0 Å². The first-order chi connectivity index (χ1) is 13.5. The molecule has 0 unspecified atom stereocenters. The first-order valence-corrected chi connectivity index (χ1v) is 9.08. The van der Waals surface area contributed by atoms with Crippen molar-refractivity contribution in [2.75, 3.05) is 18.5 Å². The predicted molar refractivity (Wildman–Crippen MR) is 115 cm³/mol. The van der Waals surface area contributed by atoms with Crippen LogP contribution in [0, 0.1) is 10.8 Å². The quantitative estimate of drug-likeness (QED) is 0.309. The number of carbonyl (C=O) groups excluding carboxylic acids is 1. The highest BCUT2D eigenvalue weighted by Gasteiger charge is 2.16. The molecule has 0 saturated heterocycles. The van der Waals surface area contributed by atoms with Gasteiger partial charge in [0, 0.05) is 11.0 Å². The molecule has 1 heterocycles. The number of nitrogens with one attached hydrogen (secondary N) is 3. The van der Waals surface area contributed by atoms with Crippen molar-refractivity contribution >= 4 is 39.8 Å². The monoisotopic (exact) mass is 441 g/mol. The van der Waals surface area contributed by atoms with Gasteiger partial charge in [-0.1, -0.05) is 40.7 Å². The summed E-state index contributed by atoms with van der Waals surface area (Å²) in [5.41, 5.74) is 0.659. The van der Waals surface area contributed by atoms with E-state index in [1.165, 1.54) is 4.90 Å². The molecule has 1 aromatic heterocycles. The van der Waals surface area contributed by atoms with Gasteiger partial charge in [-0.3, -0.25) is 15.6 Å². The molecule has 0 fully saturated rings. The van der Waals surface area contributed by atoms with Crippen molar-refractivity contribution in [3.05, 3.63) is 77.4 Å². The summed E-state index contributed by atoms with van der Waals surface area (Å²) in [4.78, 5) is 18.4. The number of nitrogens with zero attached hydrogens (tertiary/aromatic N) is 2. The molecule has 2 aromatic rings. The number of carbonyl (C=O) groups is 1. The Balaban J connectivity index is 2.24. The summed E-state index contributed by atoms with van der Waals surface area (Å²) in [5.74, 6) is 0.339. The number of pyridine rings is 1. The minimum atomic E-state index is -0.397. The highest BCUT2D eigenvalue weighted by atomic mass is 79.9. The van der Waals surface area contributed by atoms with Crippen molar-refractivity contribution in [1.82, 2.24) is 9.88 Å². The fourth-order valence-corrected chi connectivity index (χ4v) is 2.63. The van der Waals surface area contributed by atoms with Gasteiger partial charge in [-0.25, -0.2) is 4.98 Å². The van der Waals surface area contributed by atoms with E-state index in [4.69, 9.17) is 15.6 Å². The molecule has 0 atom stereocenters. The molecule has 0 bridgehead atoms. The van der Waals surface area contributed by atoms with Crippen molar-refractivity contribution in [2.24, 2.45) is 0 Å². The summed E-state index contributed by atoms with van der Waals surface area (Å²) in [6.07, 6.45) is 4.21. The molecule has 7 nitrogen and oxygen atoms in total. The summed E-state index contributed by atoms with van der Waals surface area (Å²) in [6, 6.07) is 10.1. The average molecular weight is 442 g/mol. The number of halogens is 1. The molecule has 0 saturated carbocycles. The van der Waals surface area contributed by atoms with Crippen LogP contribution in [0.3, 0.4) is 0 Å². The number of ether oxygens (including phenoxy) is 1. The second-order valence-corrected chi connectivity index (χ2v) is 6.44. The Morgan fingerprint density at radius 3 is 2.75 bits per heavy atom. The summed E-state index contributed by atoms with van der Waals surface area (Å²) in [7, 11) is 0. The molecule has 3 N–H and O–H groups in total. The fraction of sp³-hybridized carbons (Fsp3) is 0.100. The van der Waals surface area contributed by atoms with Gasteiger partial charge in [-0.15, -0.1) is 6.58 Å². The molecule has 0 aliphatic rings. The van der Waals surface area contributed by atoms with Crippen LogP contribution < -0.4 is 10.1 Å². The van der Waals surface area contributed by atoms with Gasteiger partial charge in [-0.05, 0) is 30.3 Å². The van der Waals surface area contributed by atoms with E-state index in [2.05, 4.69) is 39.4 Å². The van der Waals surface area contributed by atoms with Crippen LogP contribution in [0.1, 0.15) is 16.1 Å². The first-order valence-electron chi connectivity index (χ1n) is 8.28. The Morgan fingerprint density at radius 2 is 2.07 bits per heavy atom. The number of rotatable bonds is 9. The van der Waals surface area contributed by atoms with E-state index in [1.54, 1.807) is 48.6 Å². The SMILES string of the molecule is C=CCOc1ccc(Br)cc1C(=O)Nc1cccc(C(=N)N(C=N)CC=C)n1. The molecule has 28 heavy (non-hydrogen) atoms. The Bertz CT molecular complexity index is 913. The number of hydrogen-bond donors (Lipinski definition) is 3. The zero-order valence-electron chi connectivity index (χ0n) is 15.1. The third kappa shape index (κ3) is 5.37. The van der Waals surface area contributed by atoms with Gasteiger partial charge in [0.25, 0.3) is 5.91 Å². The average Bonchev–Trinajstić information content (AvgIpc) is 2.70. The number of hydrogen-bond acceptors (Lipinski definition) is 5. The molecule has 0 aliphatic heterocycles. The minimum Gasteiger partial charge on any atom is -0.489 e. The minimum absolute atomic E-state index is 0.0310. The maximum absolute atomic E-state index is 12.7. The van der Waals surface area contributed by atoms with Crippen molar-refractivity contribution < 1.29 is 9.53 Å². The zero-order valence-corrected chi connectivity index (χ0v) is 16.7. The van der Waals surface area contributed by atoms with Gasteiger partial charge in [0.1, 0.15) is 23.9 Å². The second-order valence-electron chi connectivity index (χ2n) is 5.52. The number of benzene rings is 1. The van der Waals surface area contributed by atoms with E-state index in [-0.39, 0.29) is 18.3 Å². The smallest absolute Gasteiger partial charge is 0.260 e. The number of aromatic nitrogens is 1. The molecular formula is C20H20BrN5O2. The molecule has 0 aliphatic carbocycles. The lowest BCUT2D eigenvalue weighted by Gasteiger charge is -2.17. The summed E-state index contributed by atoms with van der Waals surface area (Å²) >= 11 is 3.35. The third-order valence-corrected chi connectivity index (χ3v) is 4.04. The second kappa shape index (κ2) is 10.2. The molecule has 2 rings (SSSR count). The van der Waals surface area contributed by atoms with Gasteiger partial charge in [-0.2, -0.15) is 0 Å². The van der Waals surface area contributed by atoms with Crippen molar-refractivity contribution in [1.29, 1.82) is 10.8 Å². The van der Waals surface area contributed by atoms with Crippen LogP contribution in [0.2, 0.25) is 0 Å². The number of anilines is 1. The van der Waals surface area contributed by atoms with Crippen LogP contribution in [0.25, 0.3) is 0 Å². The van der Waals surface area contributed by atoms with E-state index in [9.17, 15) is 4.79 Å². The van der Waals surface area contributed by atoms with Crippen LogP contribution >= 0.6 is 15.9 Å². The summed E-state index contributed by atoms with van der Waals surface area (Å²) in [5, 5.41) is 18.3. The Morgan fingerprint density at radius 1 is 1.29 bits per heavy atom. The highest BCUT2D eigenvalue weighted by molar-refractivity contribution is 9.10. The lowest BCUT2D eigenvalue weighted by Crippen LogP contribution is -2.30. The third-order valence-electron chi connectivity index (χ3n) is 3.55. The maximum Gasteiger partial charge on any atom is 0.260 e. The van der Waals surface area contributed by atoms with Gasteiger partial charge in [0.15, 0.2) is 5.84 Å². The molecule has 0 spiro atoms.